The fourth-order valence-electron chi connectivity index (χ4n) is 2.04. The van der Waals surface area contributed by atoms with Crippen molar-refractivity contribution in [1.82, 2.24) is 0 Å². The van der Waals surface area contributed by atoms with Gasteiger partial charge in [-0.1, -0.05) is 36.4 Å². The highest BCUT2D eigenvalue weighted by Gasteiger charge is 2.12. The second kappa shape index (κ2) is 5.07. The van der Waals surface area contributed by atoms with Crippen LogP contribution in [0.3, 0.4) is 0 Å². The van der Waals surface area contributed by atoms with Crippen molar-refractivity contribution in [1.29, 1.82) is 0 Å². The van der Waals surface area contributed by atoms with E-state index in [0.717, 1.165) is 11.0 Å². The van der Waals surface area contributed by atoms with Crippen LogP contribution < -0.4 is 0 Å². The summed E-state index contributed by atoms with van der Waals surface area (Å²) in [7, 11) is 4.44. The first-order valence-electron chi connectivity index (χ1n) is 5.93. The Morgan fingerprint density at radius 3 is 1.94 bits per heavy atom. The van der Waals surface area contributed by atoms with Crippen LogP contribution in [0.4, 0.5) is 0 Å². The number of quaternary nitrogens is 1. The van der Waals surface area contributed by atoms with Gasteiger partial charge in [-0.25, -0.2) is 0 Å². The van der Waals surface area contributed by atoms with Gasteiger partial charge in [-0.05, 0) is 6.54 Å². The molecule has 17 heavy (non-hydrogen) atoms. The summed E-state index contributed by atoms with van der Waals surface area (Å²) in [6.07, 6.45) is 0. The van der Waals surface area contributed by atoms with Crippen LogP contribution in [0.1, 0.15) is 11.1 Å². The van der Waals surface area contributed by atoms with Crippen LogP contribution in [-0.4, -0.2) is 18.6 Å². The van der Waals surface area contributed by atoms with E-state index < -0.39 is 0 Å². The minimum absolute atomic E-state index is 0.855. The predicted molar refractivity (Wildman–Crippen MR) is 72.1 cm³/mol. The largest absolute Gasteiger partial charge is 0.347 e. The van der Waals surface area contributed by atoms with E-state index in [1.54, 1.807) is 0 Å². The van der Waals surface area contributed by atoms with E-state index in [2.05, 4.69) is 81.3 Å². The van der Waals surface area contributed by atoms with Crippen LogP contribution in [-0.2, 0) is 6.54 Å². The fourth-order valence-corrected chi connectivity index (χ4v) is 2.04. The third-order valence-electron chi connectivity index (χ3n) is 2.73. The van der Waals surface area contributed by atoms with E-state index in [9.17, 15) is 0 Å². The molecule has 0 heterocycles. The Morgan fingerprint density at radius 1 is 0.824 bits per heavy atom. The zero-order valence-corrected chi connectivity index (χ0v) is 10.5. The van der Waals surface area contributed by atoms with Gasteiger partial charge < -0.3 is 4.48 Å². The molecule has 0 atom stereocenters. The van der Waals surface area contributed by atoms with Crippen molar-refractivity contribution < 1.29 is 4.48 Å². The highest BCUT2D eigenvalue weighted by atomic mass is 15.4. The van der Waals surface area contributed by atoms with E-state index in [0.29, 0.717) is 0 Å². The molecule has 0 spiro atoms. The molecule has 0 radical (unpaired) electrons. The van der Waals surface area contributed by atoms with Gasteiger partial charge in [-0.15, -0.1) is 17.7 Å². The molecule has 2 rings (SSSR count). The molecule has 2 aromatic carbocycles. The average Bonchev–Trinajstić information content (AvgIpc) is 2.30. The number of hydrogen-bond acceptors (Lipinski definition) is 0. The zero-order valence-electron chi connectivity index (χ0n) is 10.5. The standard InChI is InChI=1S/C16H19N/c1-17(2,13-15-9-5-3-6-10-15)14-16-11-7-4-8-12-16/h3-13H,14H2,1-2H3/i13+1. The lowest BCUT2D eigenvalue weighted by Crippen LogP contribution is -2.36. The van der Waals surface area contributed by atoms with Gasteiger partial charge in [0, 0.05) is 5.56 Å². The third kappa shape index (κ3) is 3.65. The number of benzene rings is 2. The first kappa shape index (κ1) is 11.7. The Labute approximate surface area is 104 Å². The van der Waals surface area contributed by atoms with E-state index >= 15 is 0 Å². The van der Waals surface area contributed by atoms with Crippen LogP contribution in [0.5, 0.6) is 0 Å². The molecular formula is C16H19N. The molecule has 0 saturated heterocycles. The maximum atomic E-state index is 2.28. The summed E-state index contributed by atoms with van der Waals surface area (Å²) >= 11 is 0. The summed E-state index contributed by atoms with van der Waals surface area (Å²) in [5, 5.41) is 0. The molecule has 0 aliphatic rings. The monoisotopic (exact) mass is 226 g/mol. The molecule has 1 nitrogen and oxygen atoms in total. The molecule has 0 aliphatic carbocycles. The maximum Gasteiger partial charge on any atom is 0.0990 e. The van der Waals surface area contributed by atoms with Crippen molar-refractivity contribution in [2.24, 2.45) is 0 Å². The summed E-state index contributed by atoms with van der Waals surface area (Å²) in [6.45, 7) is 3.29. The average molecular weight is 226 g/mol. The van der Waals surface area contributed by atoms with Gasteiger partial charge in [-0.3, -0.25) is 0 Å². The third-order valence-corrected chi connectivity index (χ3v) is 2.73. The minimum Gasteiger partial charge on any atom is -0.347 e. The molecule has 0 aliphatic heterocycles. The second-order valence-corrected chi connectivity index (χ2v) is 4.96. The van der Waals surface area contributed by atoms with Crippen LogP contribution in [0.15, 0.2) is 60.7 Å². The summed E-state index contributed by atoms with van der Waals surface area (Å²) in [5.41, 5.74) is 2.64. The Bertz CT molecular complexity index is 402. The van der Waals surface area contributed by atoms with E-state index in [-0.39, 0.29) is 0 Å². The predicted octanol–water partition coefficient (Wildman–Crippen LogP) is 3.47. The smallest absolute Gasteiger partial charge is 0.0990 e. The van der Waals surface area contributed by atoms with Crippen molar-refractivity contribution >= 4 is 0 Å². The summed E-state index contributed by atoms with van der Waals surface area (Å²) in [5.74, 6) is 0. The Kier molecular flexibility index (Phi) is 3.50. The lowest BCUT2D eigenvalue weighted by atomic mass is 10.2. The molecule has 1 heteroatoms. The van der Waals surface area contributed by atoms with E-state index in [4.69, 9.17) is 0 Å². The van der Waals surface area contributed by atoms with Crippen molar-refractivity contribution in [3.05, 3.63) is 78.3 Å². The van der Waals surface area contributed by atoms with Crippen LogP contribution >= 0.6 is 0 Å². The molecule has 2 aromatic rings. The molecule has 0 bridgehead atoms. The second-order valence-electron chi connectivity index (χ2n) is 4.96. The summed E-state index contributed by atoms with van der Waals surface area (Å²) in [4.78, 5) is 0. The maximum absolute atomic E-state index is 2.28. The van der Waals surface area contributed by atoms with Crippen LogP contribution in [0, 0.1) is 6.54 Å². The summed E-state index contributed by atoms with van der Waals surface area (Å²) < 4.78 is 0.855. The summed E-state index contributed by atoms with van der Waals surface area (Å²) in [6, 6.07) is 21.1. The highest BCUT2D eigenvalue weighted by Crippen LogP contribution is 2.16. The first-order valence-corrected chi connectivity index (χ1v) is 5.93. The Hall–Kier alpha value is -1.73. The number of hydrogen-bond donors (Lipinski definition) is 0. The number of nitrogens with zero attached hydrogens (tertiary/aromatic N) is 1. The zero-order chi connectivity index (χ0) is 12.1. The van der Waals surface area contributed by atoms with Crippen molar-refractivity contribution in [3.63, 3.8) is 0 Å². The Morgan fingerprint density at radius 2 is 1.35 bits per heavy atom. The van der Waals surface area contributed by atoms with Crippen molar-refractivity contribution in [2.75, 3.05) is 14.1 Å². The topological polar surface area (TPSA) is 0 Å². The van der Waals surface area contributed by atoms with E-state index in [1.165, 1.54) is 11.1 Å². The number of rotatable bonds is 4. The van der Waals surface area contributed by atoms with Crippen molar-refractivity contribution in [2.45, 2.75) is 6.54 Å². The normalized spacial score (nSPS) is 11.2. The van der Waals surface area contributed by atoms with Gasteiger partial charge in [0.25, 0.3) is 0 Å². The molecule has 0 fully saturated rings. The SMILES string of the molecule is C[N+](C)(Cc1ccccc1)[13CH-]c1ccccc1. The fraction of sp³-hybridized carbons (Fsp3) is 0.188. The van der Waals surface area contributed by atoms with Crippen LogP contribution in [0.25, 0.3) is 0 Å². The van der Waals surface area contributed by atoms with Crippen molar-refractivity contribution in [3.8, 4) is 0 Å². The molecule has 88 valence electrons. The molecule has 0 amide bonds. The van der Waals surface area contributed by atoms with Gasteiger partial charge in [0.2, 0.25) is 0 Å². The highest BCUT2D eigenvalue weighted by molar-refractivity contribution is 5.20. The van der Waals surface area contributed by atoms with Gasteiger partial charge >= 0.3 is 0 Å². The quantitative estimate of drug-likeness (QED) is 0.425. The lowest BCUT2D eigenvalue weighted by molar-refractivity contribution is -0.871. The van der Waals surface area contributed by atoms with Crippen LogP contribution in [0.2, 0.25) is 0 Å². The molecule has 0 aromatic heterocycles. The van der Waals surface area contributed by atoms with Gasteiger partial charge in [0.05, 0.1) is 20.6 Å². The van der Waals surface area contributed by atoms with Gasteiger partial charge in [-0.2, -0.15) is 12.1 Å². The van der Waals surface area contributed by atoms with E-state index in [1.807, 2.05) is 0 Å². The van der Waals surface area contributed by atoms with Gasteiger partial charge in [0.1, 0.15) is 0 Å². The first-order chi connectivity index (χ1) is 8.16. The molecule has 0 N–H and O–H groups in total. The Balaban J connectivity index is 2.04. The minimum atomic E-state index is 0.855. The molecular weight excluding hydrogens is 207 g/mol. The molecule has 0 saturated carbocycles. The molecule has 0 unspecified atom stereocenters. The van der Waals surface area contributed by atoms with Gasteiger partial charge in [0.15, 0.2) is 0 Å². The lowest BCUT2D eigenvalue weighted by Gasteiger charge is -2.34.